The van der Waals surface area contributed by atoms with Crippen LogP contribution < -0.4 is 10.9 Å². The number of carbonyl (C=O) groups is 1. The van der Waals surface area contributed by atoms with Crippen LogP contribution in [0, 0.1) is 27.7 Å². The van der Waals surface area contributed by atoms with Crippen LogP contribution in [0.5, 0.6) is 0 Å². The summed E-state index contributed by atoms with van der Waals surface area (Å²) < 4.78 is 11.3. The van der Waals surface area contributed by atoms with Gasteiger partial charge in [-0.2, -0.15) is 0 Å². The number of benzene rings is 1. The minimum atomic E-state index is -0.514. The molecule has 4 rings (SSSR count). The molecule has 4 aromatic rings. The first-order valence-electron chi connectivity index (χ1n) is 9.01. The van der Waals surface area contributed by atoms with E-state index in [1.54, 1.807) is 18.5 Å². The Balaban J connectivity index is 1.79. The second-order valence-corrected chi connectivity index (χ2v) is 7.13. The number of rotatable bonds is 3. The van der Waals surface area contributed by atoms with Gasteiger partial charge in [0.1, 0.15) is 17.0 Å². The minimum absolute atomic E-state index is 0.102. The van der Waals surface area contributed by atoms with E-state index in [0.717, 1.165) is 27.5 Å². The summed E-state index contributed by atoms with van der Waals surface area (Å²) in [6.45, 7) is 7.66. The van der Waals surface area contributed by atoms with Crippen molar-refractivity contribution in [1.29, 1.82) is 0 Å². The smallest absolute Gasteiger partial charge is 0.340 e. The van der Waals surface area contributed by atoms with Gasteiger partial charge in [-0.05, 0) is 68.1 Å². The molecule has 3 aromatic heterocycles. The molecule has 0 bridgehead atoms. The van der Waals surface area contributed by atoms with E-state index in [-0.39, 0.29) is 12.3 Å². The summed E-state index contributed by atoms with van der Waals surface area (Å²) in [4.78, 5) is 29.2. The number of anilines is 1. The molecule has 6 heteroatoms. The lowest BCUT2D eigenvalue weighted by molar-refractivity contribution is -0.115. The third-order valence-electron chi connectivity index (χ3n) is 4.99. The van der Waals surface area contributed by atoms with E-state index in [2.05, 4.69) is 10.3 Å². The van der Waals surface area contributed by atoms with Crippen LogP contribution in [0.1, 0.15) is 27.8 Å². The highest BCUT2D eigenvalue weighted by atomic mass is 16.4. The van der Waals surface area contributed by atoms with Gasteiger partial charge in [-0.15, -0.1) is 0 Å². The molecule has 6 nitrogen and oxygen atoms in total. The van der Waals surface area contributed by atoms with Crippen LogP contribution >= 0.6 is 0 Å². The molecule has 1 aromatic carbocycles. The molecule has 0 aliphatic heterocycles. The average molecular weight is 376 g/mol. The number of aryl methyl sites for hydroxylation is 4. The Hall–Kier alpha value is -3.41. The van der Waals surface area contributed by atoms with Crippen molar-refractivity contribution in [3.63, 3.8) is 0 Å². The van der Waals surface area contributed by atoms with Crippen molar-refractivity contribution in [2.75, 3.05) is 5.32 Å². The summed E-state index contributed by atoms with van der Waals surface area (Å²) in [5.41, 5.74) is 4.62. The predicted octanol–water partition coefficient (Wildman–Crippen LogP) is 4.35. The highest BCUT2D eigenvalue weighted by Gasteiger charge is 2.20. The van der Waals surface area contributed by atoms with Crippen LogP contribution in [0.3, 0.4) is 0 Å². The Morgan fingerprint density at radius 3 is 2.64 bits per heavy atom. The highest BCUT2D eigenvalue weighted by molar-refractivity contribution is 6.07. The molecule has 3 heterocycles. The number of pyridine rings is 1. The number of amides is 1. The Morgan fingerprint density at radius 2 is 1.89 bits per heavy atom. The van der Waals surface area contributed by atoms with Gasteiger partial charge in [0, 0.05) is 11.6 Å². The van der Waals surface area contributed by atoms with Gasteiger partial charge in [0.25, 0.3) is 0 Å². The number of nitrogens with one attached hydrogen (secondary N) is 1. The van der Waals surface area contributed by atoms with Crippen LogP contribution in [-0.2, 0) is 11.2 Å². The van der Waals surface area contributed by atoms with Gasteiger partial charge in [0.2, 0.25) is 5.91 Å². The number of furan rings is 1. The molecule has 0 aliphatic carbocycles. The van der Waals surface area contributed by atoms with Crippen LogP contribution in [0.25, 0.3) is 21.9 Å². The normalized spacial score (nSPS) is 11.3. The SMILES string of the molecule is Cc1ccnc(NC(=O)Cc2c(C)c3c(cc(C)c4c(C)coc43)oc2=O)c1. The van der Waals surface area contributed by atoms with Crippen molar-refractivity contribution in [2.45, 2.75) is 34.1 Å². The number of carbonyl (C=O) groups excluding carboxylic acids is 1. The summed E-state index contributed by atoms with van der Waals surface area (Å²) in [5.74, 6) is 0.124. The molecule has 28 heavy (non-hydrogen) atoms. The summed E-state index contributed by atoms with van der Waals surface area (Å²) in [5, 5.41) is 4.46. The fourth-order valence-electron chi connectivity index (χ4n) is 3.63. The molecule has 1 N–H and O–H groups in total. The van der Waals surface area contributed by atoms with Crippen LogP contribution in [0.2, 0.25) is 0 Å². The van der Waals surface area contributed by atoms with Gasteiger partial charge in [0.05, 0.1) is 23.6 Å². The van der Waals surface area contributed by atoms with Crippen LogP contribution in [-0.4, -0.2) is 10.9 Å². The van der Waals surface area contributed by atoms with Crippen molar-refractivity contribution in [2.24, 2.45) is 0 Å². The Kier molecular flexibility index (Phi) is 4.26. The maximum absolute atomic E-state index is 12.6. The molecule has 0 saturated heterocycles. The topological polar surface area (TPSA) is 85.3 Å². The molecular formula is C22H20N2O4. The second kappa shape index (κ2) is 6.64. The lowest BCUT2D eigenvalue weighted by atomic mass is 9.99. The molecule has 0 fully saturated rings. The van der Waals surface area contributed by atoms with Crippen molar-refractivity contribution in [1.82, 2.24) is 4.98 Å². The fourth-order valence-corrected chi connectivity index (χ4v) is 3.63. The summed E-state index contributed by atoms with van der Waals surface area (Å²) in [6, 6.07) is 5.46. The number of nitrogens with zero attached hydrogens (tertiary/aromatic N) is 1. The minimum Gasteiger partial charge on any atom is -0.463 e. The van der Waals surface area contributed by atoms with Gasteiger partial charge < -0.3 is 14.2 Å². The standard InChI is InChI=1S/C22H20N2O4/c1-11-5-6-23-17(7-11)24-18(25)9-15-14(4)20-16(28-22(15)26)8-12(2)19-13(3)10-27-21(19)20/h5-8,10H,9H2,1-4H3,(H,23,24,25). The second-order valence-electron chi connectivity index (χ2n) is 7.13. The van der Waals surface area contributed by atoms with Crippen molar-refractivity contribution < 1.29 is 13.6 Å². The molecule has 0 atom stereocenters. The van der Waals surface area contributed by atoms with E-state index >= 15 is 0 Å². The van der Waals surface area contributed by atoms with E-state index in [0.29, 0.717) is 28.1 Å². The predicted molar refractivity (Wildman–Crippen MR) is 108 cm³/mol. The van der Waals surface area contributed by atoms with Gasteiger partial charge in [0.15, 0.2) is 0 Å². The van der Waals surface area contributed by atoms with Crippen molar-refractivity contribution in [3.8, 4) is 0 Å². The maximum atomic E-state index is 12.6. The van der Waals surface area contributed by atoms with Gasteiger partial charge >= 0.3 is 5.63 Å². The van der Waals surface area contributed by atoms with E-state index in [9.17, 15) is 9.59 Å². The van der Waals surface area contributed by atoms with Gasteiger partial charge in [-0.3, -0.25) is 4.79 Å². The van der Waals surface area contributed by atoms with E-state index in [4.69, 9.17) is 8.83 Å². The first-order chi connectivity index (χ1) is 13.3. The largest absolute Gasteiger partial charge is 0.463 e. The third kappa shape index (κ3) is 2.97. The van der Waals surface area contributed by atoms with E-state index in [1.807, 2.05) is 39.8 Å². The zero-order chi connectivity index (χ0) is 20.0. The Morgan fingerprint density at radius 1 is 1.11 bits per heavy atom. The Labute approximate surface area is 161 Å². The van der Waals surface area contributed by atoms with Gasteiger partial charge in [-0.1, -0.05) is 0 Å². The van der Waals surface area contributed by atoms with Crippen molar-refractivity contribution in [3.05, 3.63) is 68.9 Å². The number of hydrogen-bond acceptors (Lipinski definition) is 5. The first-order valence-corrected chi connectivity index (χ1v) is 9.01. The number of hydrogen-bond donors (Lipinski definition) is 1. The zero-order valence-electron chi connectivity index (χ0n) is 16.2. The quantitative estimate of drug-likeness (QED) is 0.537. The fraction of sp³-hybridized carbons (Fsp3) is 0.227. The molecule has 0 aliphatic rings. The van der Waals surface area contributed by atoms with E-state index < -0.39 is 5.63 Å². The number of fused-ring (bicyclic) bond motifs is 3. The molecule has 142 valence electrons. The highest BCUT2D eigenvalue weighted by Crippen LogP contribution is 2.34. The van der Waals surface area contributed by atoms with Crippen LogP contribution in [0.4, 0.5) is 5.82 Å². The molecule has 0 radical (unpaired) electrons. The van der Waals surface area contributed by atoms with E-state index in [1.165, 1.54) is 0 Å². The summed E-state index contributed by atoms with van der Waals surface area (Å²) in [7, 11) is 0. The lowest BCUT2D eigenvalue weighted by Crippen LogP contribution is -2.21. The van der Waals surface area contributed by atoms with Crippen molar-refractivity contribution >= 4 is 33.7 Å². The molecule has 0 spiro atoms. The summed E-state index contributed by atoms with van der Waals surface area (Å²) >= 11 is 0. The molecule has 0 unspecified atom stereocenters. The molecule has 0 saturated carbocycles. The summed E-state index contributed by atoms with van der Waals surface area (Å²) in [6.07, 6.45) is 3.21. The molecular weight excluding hydrogens is 356 g/mol. The van der Waals surface area contributed by atoms with Gasteiger partial charge in [-0.25, -0.2) is 9.78 Å². The zero-order valence-corrected chi connectivity index (χ0v) is 16.2. The molecule has 1 amide bonds. The number of aromatic nitrogens is 1. The third-order valence-corrected chi connectivity index (χ3v) is 4.99. The average Bonchev–Trinajstić information content (AvgIpc) is 3.00. The monoisotopic (exact) mass is 376 g/mol. The Bertz CT molecular complexity index is 1300. The lowest BCUT2D eigenvalue weighted by Gasteiger charge is -2.10. The maximum Gasteiger partial charge on any atom is 0.340 e. The van der Waals surface area contributed by atoms with Crippen LogP contribution in [0.15, 0.2) is 44.3 Å². The first kappa shape index (κ1) is 18.0.